The van der Waals surface area contributed by atoms with Gasteiger partial charge >= 0.3 is 0 Å². The second-order valence-corrected chi connectivity index (χ2v) is 7.73. The molecule has 146 valence electrons. The molecule has 1 amide bonds. The maximum absolute atomic E-state index is 12.7. The molecule has 3 unspecified atom stereocenters. The number of nitrogens with zero attached hydrogens (tertiary/aromatic N) is 1. The Labute approximate surface area is 163 Å². The van der Waals surface area contributed by atoms with Crippen molar-refractivity contribution in [2.45, 2.75) is 69.6 Å². The summed E-state index contributed by atoms with van der Waals surface area (Å²) >= 11 is 0. The van der Waals surface area contributed by atoms with Gasteiger partial charge in [0.05, 0.1) is 18.7 Å². The molecular formula is C20H32ClN3O2. The van der Waals surface area contributed by atoms with Gasteiger partial charge in [0.1, 0.15) is 5.75 Å². The summed E-state index contributed by atoms with van der Waals surface area (Å²) in [5, 5.41) is 3.26. The first kappa shape index (κ1) is 21.0. The molecule has 1 heterocycles. The zero-order chi connectivity index (χ0) is 18.0. The van der Waals surface area contributed by atoms with Crippen molar-refractivity contribution in [2.24, 2.45) is 5.73 Å². The molecule has 1 saturated heterocycles. The quantitative estimate of drug-likeness (QED) is 0.761. The van der Waals surface area contributed by atoms with Crippen molar-refractivity contribution in [1.29, 1.82) is 0 Å². The fraction of sp³-hybridized carbons (Fsp3) is 0.650. The molecule has 6 heteroatoms. The Balaban J connectivity index is 0.00000243. The summed E-state index contributed by atoms with van der Waals surface area (Å²) < 4.78 is 5.40. The van der Waals surface area contributed by atoms with Crippen molar-refractivity contribution in [3.63, 3.8) is 0 Å². The van der Waals surface area contributed by atoms with Crippen molar-refractivity contribution in [2.75, 3.05) is 13.7 Å². The lowest BCUT2D eigenvalue weighted by atomic mass is 9.94. The lowest BCUT2D eigenvalue weighted by molar-refractivity contribution is -0.127. The minimum Gasteiger partial charge on any atom is -0.497 e. The Hall–Kier alpha value is -1.30. The van der Waals surface area contributed by atoms with Gasteiger partial charge in [0, 0.05) is 18.6 Å². The first-order valence-corrected chi connectivity index (χ1v) is 9.46. The number of nitrogens with two attached hydrogens (primary N) is 1. The number of halogens is 1. The smallest absolute Gasteiger partial charge is 0.240 e. The fourth-order valence-corrected chi connectivity index (χ4v) is 4.00. The first-order chi connectivity index (χ1) is 12.0. The maximum atomic E-state index is 12.7. The zero-order valence-electron chi connectivity index (χ0n) is 16.0. The van der Waals surface area contributed by atoms with E-state index < -0.39 is 5.54 Å². The molecule has 3 N–H and O–H groups in total. The molecule has 1 aliphatic carbocycles. The third-order valence-corrected chi connectivity index (χ3v) is 5.49. The number of hydrogen-bond donors (Lipinski definition) is 2. The molecular weight excluding hydrogens is 350 g/mol. The van der Waals surface area contributed by atoms with E-state index in [0.717, 1.165) is 25.1 Å². The molecule has 3 rings (SSSR count). The number of nitrogens with one attached hydrogen (secondary N) is 1. The van der Waals surface area contributed by atoms with Gasteiger partial charge in [-0.1, -0.05) is 25.5 Å². The van der Waals surface area contributed by atoms with E-state index in [1.165, 1.54) is 18.4 Å². The number of hydrogen-bond acceptors (Lipinski definition) is 4. The Morgan fingerprint density at radius 2 is 2.12 bits per heavy atom. The van der Waals surface area contributed by atoms with Crippen molar-refractivity contribution < 1.29 is 9.53 Å². The SMILES string of the molecule is CCCC(C)(N)C(=O)NC1CCN(C2CC2)C1c1cccc(OC)c1.Cl. The standard InChI is InChI=1S/C20H31N3O2.ClH/c1-4-11-20(2,21)19(24)22-17-10-12-23(15-8-9-15)18(17)14-6-5-7-16(13-14)25-3;/h5-7,13,15,17-18H,4,8-12,21H2,1-3H3,(H,22,24);1H. The van der Waals surface area contributed by atoms with E-state index in [9.17, 15) is 4.79 Å². The monoisotopic (exact) mass is 381 g/mol. The van der Waals surface area contributed by atoms with Crippen LogP contribution in [0, 0.1) is 0 Å². The van der Waals surface area contributed by atoms with E-state index in [1.807, 2.05) is 19.1 Å². The average Bonchev–Trinajstić information content (AvgIpc) is 3.35. The lowest BCUT2D eigenvalue weighted by Gasteiger charge is -2.32. The predicted octanol–water partition coefficient (Wildman–Crippen LogP) is 3.03. The minimum atomic E-state index is -0.805. The molecule has 2 fully saturated rings. The Bertz CT molecular complexity index is 619. The van der Waals surface area contributed by atoms with Crippen LogP contribution in [0.5, 0.6) is 5.75 Å². The van der Waals surface area contributed by atoms with Gasteiger partial charge in [-0.2, -0.15) is 0 Å². The summed E-state index contributed by atoms with van der Waals surface area (Å²) in [5.41, 5.74) is 6.65. The van der Waals surface area contributed by atoms with E-state index in [1.54, 1.807) is 7.11 Å². The van der Waals surface area contributed by atoms with Crippen LogP contribution in [0.15, 0.2) is 24.3 Å². The molecule has 0 aromatic heterocycles. The highest BCUT2D eigenvalue weighted by molar-refractivity contribution is 5.86. The highest BCUT2D eigenvalue weighted by Gasteiger charge is 2.44. The van der Waals surface area contributed by atoms with Crippen LogP contribution in [0.2, 0.25) is 0 Å². The number of likely N-dealkylation sites (tertiary alicyclic amines) is 1. The van der Waals surface area contributed by atoms with Gasteiger partial charge < -0.3 is 15.8 Å². The Morgan fingerprint density at radius 3 is 2.73 bits per heavy atom. The highest BCUT2D eigenvalue weighted by Crippen LogP contribution is 2.41. The topological polar surface area (TPSA) is 67.6 Å². The first-order valence-electron chi connectivity index (χ1n) is 9.46. The normalized spacial score (nSPS) is 25.2. The van der Waals surface area contributed by atoms with Crippen LogP contribution >= 0.6 is 12.4 Å². The summed E-state index contributed by atoms with van der Waals surface area (Å²) in [6.45, 7) is 4.91. The van der Waals surface area contributed by atoms with Gasteiger partial charge in [-0.25, -0.2) is 0 Å². The summed E-state index contributed by atoms with van der Waals surface area (Å²) in [7, 11) is 1.69. The van der Waals surface area contributed by atoms with Crippen LogP contribution in [0.25, 0.3) is 0 Å². The molecule has 3 atom stereocenters. The van der Waals surface area contributed by atoms with Crippen LogP contribution in [0.4, 0.5) is 0 Å². The molecule has 2 aliphatic rings. The fourth-order valence-electron chi connectivity index (χ4n) is 4.00. The van der Waals surface area contributed by atoms with E-state index in [0.29, 0.717) is 12.5 Å². The average molecular weight is 382 g/mol. The van der Waals surface area contributed by atoms with Crippen molar-refractivity contribution in [3.05, 3.63) is 29.8 Å². The van der Waals surface area contributed by atoms with E-state index in [4.69, 9.17) is 10.5 Å². The number of methoxy groups -OCH3 is 1. The molecule has 0 radical (unpaired) electrons. The highest BCUT2D eigenvalue weighted by atomic mass is 35.5. The van der Waals surface area contributed by atoms with Gasteiger partial charge in [-0.3, -0.25) is 9.69 Å². The van der Waals surface area contributed by atoms with E-state index in [2.05, 4.69) is 29.3 Å². The third kappa shape index (κ3) is 4.51. The van der Waals surface area contributed by atoms with E-state index >= 15 is 0 Å². The molecule has 1 aromatic carbocycles. The molecule has 1 saturated carbocycles. The number of carbonyl (C=O) groups excluding carboxylic acids is 1. The molecule has 26 heavy (non-hydrogen) atoms. The molecule has 0 spiro atoms. The lowest BCUT2D eigenvalue weighted by Crippen LogP contribution is -2.55. The number of rotatable bonds is 7. The maximum Gasteiger partial charge on any atom is 0.240 e. The molecule has 5 nitrogen and oxygen atoms in total. The summed E-state index contributed by atoms with van der Waals surface area (Å²) in [6.07, 6.45) is 5.07. The van der Waals surface area contributed by atoms with Gasteiger partial charge in [0.2, 0.25) is 5.91 Å². The van der Waals surface area contributed by atoms with Crippen LogP contribution < -0.4 is 15.8 Å². The molecule has 0 bridgehead atoms. The predicted molar refractivity (Wildman–Crippen MR) is 107 cm³/mol. The summed E-state index contributed by atoms with van der Waals surface area (Å²) in [6, 6.07) is 9.17. The summed E-state index contributed by atoms with van der Waals surface area (Å²) in [4.78, 5) is 15.3. The van der Waals surface area contributed by atoms with Gasteiger partial charge in [0.15, 0.2) is 0 Å². The summed E-state index contributed by atoms with van der Waals surface area (Å²) in [5.74, 6) is 0.824. The number of benzene rings is 1. The van der Waals surface area contributed by atoms with E-state index in [-0.39, 0.29) is 30.4 Å². The third-order valence-electron chi connectivity index (χ3n) is 5.49. The van der Waals surface area contributed by atoms with Crippen molar-refractivity contribution in [1.82, 2.24) is 10.2 Å². The van der Waals surface area contributed by atoms with Crippen LogP contribution in [-0.2, 0) is 4.79 Å². The van der Waals surface area contributed by atoms with Crippen molar-refractivity contribution in [3.8, 4) is 5.75 Å². The van der Waals surface area contributed by atoms with Gasteiger partial charge in [-0.05, 0) is 50.3 Å². The molecule has 1 aliphatic heterocycles. The van der Waals surface area contributed by atoms with Crippen LogP contribution in [0.1, 0.15) is 57.6 Å². The van der Waals surface area contributed by atoms with Crippen LogP contribution in [-0.4, -0.2) is 42.1 Å². The largest absolute Gasteiger partial charge is 0.497 e. The van der Waals surface area contributed by atoms with Gasteiger partial charge in [-0.15, -0.1) is 12.4 Å². The Kier molecular flexibility index (Phi) is 6.94. The van der Waals surface area contributed by atoms with Gasteiger partial charge in [0.25, 0.3) is 0 Å². The number of amides is 1. The second-order valence-electron chi connectivity index (χ2n) is 7.73. The van der Waals surface area contributed by atoms with Crippen LogP contribution in [0.3, 0.4) is 0 Å². The second kappa shape index (κ2) is 8.59. The minimum absolute atomic E-state index is 0. The van der Waals surface area contributed by atoms with Crippen molar-refractivity contribution >= 4 is 18.3 Å². The number of carbonyl (C=O) groups is 1. The zero-order valence-corrected chi connectivity index (χ0v) is 16.8. The number of ether oxygens (including phenoxy) is 1. The Morgan fingerprint density at radius 1 is 1.38 bits per heavy atom. The molecule has 1 aromatic rings.